The normalized spacial score (nSPS) is 20.6. The Morgan fingerprint density at radius 1 is 1.03 bits per heavy atom. The van der Waals surface area contributed by atoms with Crippen LogP contribution in [-0.2, 0) is 19.1 Å². The van der Waals surface area contributed by atoms with Crippen molar-refractivity contribution in [1.82, 2.24) is 10.6 Å². The van der Waals surface area contributed by atoms with Crippen LogP contribution in [0.4, 0.5) is 4.79 Å². The first-order valence-corrected chi connectivity index (χ1v) is 11.6. The highest BCUT2D eigenvalue weighted by atomic mass is 16.5. The van der Waals surface area contributed by atoms with Crippen molar-refractivity contribution in [1.29, 1.82) is 0 Å². The van der Waals surface area contributed by atoms with Crippen molar-refractivity contribution in [3.05, 3.63) is 59.7 Å². The van der Waals surface area contributed by atoms with Gasteiger partial charge in [0.2, 0.25) is 5.91 Å². The lowest BCUT2D eigenvalue weighted by molar-refractivity contribution is -0.141. The van der Waals surface area contributed by atoms with Gasteiger partial charge < -0.3 is 25.2 Å². The molecule has 34 heavy (non-hydrogen) atoms. The van der Waals surface area contributed by atoms with Crippen LogP contribution in [0, 0.1) is 5.92 Å². The minimum Gasteiger partial charge on any atom is -0.481 e. The van der Waals surface area contributed by atoms with Gasteiger partial charge in [-0.2, -0.15) is 0 Å². The summed E-state index contributed by atoms with van der Waals surface area (Å²) >= 11 is 0. The number of carbonyl (C=O) groups is 3. The van der Waals surface area contributed by atoms with E-state index < -0.39 is 36.0 Å². The quantitative estimate of drug-likeness (QED) is 0.550. The lowest BCUT2D eigenvalue weighted by Crippen LogP contribution is -2.54. The van der Waals surface area contributed by atoms with Crippen LogP contribution < -0.4 is 10.6 Å². The van der Waals surface area contributed by atoms with Gasteiger partial charge in [-0.05, 0) is 48.4 Å². The van der Waals surface area contributed by atoms with Crippen molar-refractivity contribution in [2.75, 3.05) is 13.7 Å². The third-order valence-corrected chi connectivity index (χ3v) is 6.87. The summed E-state index contributed by atoms with van der Waals surface area (Å²) in [5, 5.41) is 14.7. The molecule has 2 aliphatic rings. The van der Waals surface area contributed by atoms with Crippen LogP contribution in [0.3, 0.4) is 0 Å². The molecule has 4 atom stereocenters. The van der Waals surface area contributed by atoms with Crippen LogP contribution >= 0.6 is 0 Å². The van der Waals surface area contributed by atoms with Gasteiger partial charge in [0.1, 0.15) is 12.6 Å². The minimum absolute atomic E-state index is 0.0864. The average Bonchev–Trinajstić information content (AvgIpc) is 3.43. The topological polar surface area (TPSA) is 114 Å². The zero-order chi connectivity index (χ0) is 24.2. The fraction of sp³-hybridized carbons (Fsp3) is 0.423. The zero-order valence-corrected chi connectivity index (χ0v) is 19.3. The highest BCUT2D eigenvalue weighted by Gasteiger charge is 2.35. The molecule has 0 unspecified atom stereocenters. The molecule has 4 rings (SSSR count). The Balaban J connectivity index is 1.38. The van der Waals surface area contributed by atoms with E-state index in [1.807, 2.05) is 36.4 Å². The number of rotatable bonds is 8. The molecule has 8 nitrogen and oxygen atoms in total. The SMILES string of the molecule is CO[C@H](C)[C@H](NC(=O)OCC1c2ccccc2-c2ccccc21)C(=O)N[C@H]1CC[C@@H](C(=O)O)C1. The molecule has 0 bridgehead atoms. The Labute approximate surface area is 198 Å². The van der Waals surface area contributed by atoms with Gasteiger partial charge in [0.05, 0.1) is 12.0 Å². The van der Waals surface area contributed by atoms with Crippen molar-refractivity contribution in [2.45, 2.75) is 50.3 Å². The number of carbonyl (C=O) groups excluding carboxylic acids is 2. The zero-order valence-electron chi connectivity index (χ0n) is 19.3. The second kappa shape index (κ2) is 10.3. The van der Waals surface area contributed by atoms with Gasteiger partial charge >= 0.3 is 12.1 Å². The van der Waals surface area contributed by atoms with Gasteiger partial charge in [0.15, 0.2) is 0 Å². The molecule has 2 aromatic rings. The molecule has 2 amide bonds. The number of aliphatic carboxylic acids is 1. The summed E-state index contributed by atoms with van der Waals surface area (Å²) in [7, 11) is 1.46. The molecule has 2 aromatic carbocycles. The fourth-order valence-electron chi connectivity index (χ4n) is 4.93. The predicted molar refractivity (Wildman–Crippen MR) is 125 cm³/mol. The van der Waals surface area contributed by atoms with Gasteiger partial charge in [0.25, 0.3) is 0 Å². The summed E-state index contributed by atoms with van der Waals surface area (Å²) in [6, 6.07) is 14.9. The van der Waals surface area contributed by atoms with E-state index in [0.29, 0.717) is 19.3 Å². The Morgan fingerprint density at radius 2 is 1.65 bits per heavy atom. The van der Waals surface area contributed by atoms with Crippen LogP contribution in [0.2, 0.25) is 0 Å². The molecular formula is C26H30N2O6. The van der Waals surface area contributed by atoms with E-state index >= 15 is 0 Å². The van der Waals surface area contributed by atoms with Crippen molar-refractivity contribution < 1.29 is 29.0 Å². The van der Waals surface area contributed by atoms with Gasteiger partial charge in [-0.3, -0.25) is 9.59 Å². The van der Waals surface area contributed by atoms with Gasteiger partial charge in [0, 0.05) is 19.1 Å². The van der Waals surface area contributed by atoms with Crippen molar-refractivity contribution in [3.8, 4) is 11.1 Å². The molecule has 8 heteroatoms. The second-order valence-corrected chi connectivity index (χ2v) is 8.94. The van der Waals surface area contributed by atoms with Crippen LogP contribution in [0.25, 0.3) is 11.1 Å². The number of amides is 2. The number of hydrogen-bond donors (Lipinski definition) is 3. The number of methoxy groups -OCH3 is 1. The monoisotopic (exact) mass is 466 g/mol. The number of hydrogen-bond acceptors (Lipinski definition) is 5. The van der Waals surface area contributed by atoms with Crippen LogP contribution in [0.15, 0.2) is 48.5 Å². The Kier molecular flexibility index (Phi) is 7.17. The Bertz CT molecular complexity index is 1030. The molecule has 0 aromatic heterocycles. The van der Waals surface area contributed by atoms with E-state index in [0.717, 1.165) is 22.3 Å². The summed E-state index contributed by atoms with van der Waals surface area (Å²) in [6.07, 6.45) is 0.171. The van der Waals surface area contributed by atoms with E-state index in [9.17, 15) is 19.5 Å². The molecule has 180 valence electrons. The molecule has 1 fully saturated rings. The van der Waals surface area contributed by atoms with Gasteiger partial charge in [-0.15, -0.1) is 0 Å². The van der Waals surface area contributed by atoms with Crippen LogP contribution in [0.1, 0.15) is 43.2 Å². The standard InChI is InChI=1S/C26H30N2O6/c1-15(33-2)23(24(29)27-17-12-11-16(13-17)25(30)31)28-26(32)34-14-22-20-9-5-3-7-18(20)19-8-4-6-10-21(19)22/h3-10,15-17,22-23H,11-14H2,1-2H3,(H,27,29)(H,28,32)(H,30,31)/t15-,16-,17+,23+/m1/s1. The molecule has 0 spiro atoms. The van der Waals surface area contributed by atoms with E-state index in [2.05, 4.69) is 22.8 Å². The van der Waals surface area contributed by atoms with E-state index in [-0.39, 0.29) is 18.6 Å². The smallest absolute Gasteiger partial charge is 0.407 e. The summed E-state index contributed by atoms with van der Waals surface area (Å²) in [4.78, 5) is 36.8. The molecule has 0 aliphatic heterocycles. The number of carboxylic acid groups (broad SMARTS) is 1. The van der Waals surface area contributed by atoms with E-state index in [4.69, 9.17) is 9.47 Å². The number of carboxylic acids is 1. The van der Waals surface area contributed by atoms with Gasteiger partial charge in [-0.1, -0.05) is 48.5 Å². The molecule has 0 radical (unpaired) electrons. The van der Waals surface area contributed by atoms with E-state index in [1.165, 1.54) is 7.11 Å². The first-order chi connectivity index (χ1) is 16.4. The maximum absolute atomic E-state index is 12.9. The maximum atomic E-state index is 12.9. The highest BCUT2D eigenvalue weighted by molar-refractivity contribution is 5.86. The Hall–Kier alpha value is -3.39. The molecular weight excluding hydrogens is 436 g/mol. The number of alkyl carbamates (subject to hydrolysis) is 1. The third-order valence-electron chi connectivity index (χ3n) is 6.87. The number of ether oxygens (including phenoxy) is 2. The molecule has 0 heterocycles. The summed E-state index contributed by atoms with van der Waals surface area (Å²) in [6.45, 7) is 1.82. The fourth-order valence-corrected chi connectivity index (χ4v) is 4.93. The maximum Gasteiger partial charge on any atom is 0.407 e. The molecule has 3 N–H and O–H groups in total. The minimum atomic E-state index is -0.968. The third kappa shape index (κ3) is 4.92. The average molecular weight is 467 g/mol. The van der Waals surface area contributed by atoms with Crippen molar-refractivity contribution in [3.63, 3.8) is 0 Å². The number of benzene rings is 2. The second-order valence-electron chi connectivity index (χ2n) is 8.94. The van der Waals surface area contributed by atoms with Crippen molar-refractivity contribution in [2.24, 2.45) is 5.92 Å². The lowest BCUT2D eigenvalue weighted by Gasteiger charge is -2.25. The van der Waals surface area contributed by atoms with Crippen LogP contribution in [-0.4, -0.2) is 55.0 Å². The van der Waals surface area contributed by atoms with Crippen molar-refractivity contribution >= 4 is 18.0 Å². The molecule has 1 saturated carbocycles. The highest BCUT2D eigenvalue weighted by Crippen LogP contribution is 2.44. The van der Waals surface area contributed by atoms with Crippen LogP contribution in [0.5, 0.6) is 0 Å². The first kappa shape index (κ1) is 23.8. The first-order valence-electron chi connectivity index (χ1n) is 11.6. The lowest BCUT2D eigenvalue weighted by atomic mass is 9.98. The largest absolute Gasteiger partial charge is 0.481 e. The number of fused-ring (bicyclic) bond motifs is 3. The summed E-state index contributed by atoms with van der Waals surface area (Å²) in [5.41, 5.74) is 4.47. The predicted octanol–water partition coefficient (Wildman–Crippen LogP) is 3.30. The van der Waals surface area contributed by atoms with E-state index in [1.54, 1.807) is 6.92 Å². The molecule has 2 aliphatic carbocycles. The van der Waals surface area contributed by atoms with Gasteiger partial charge in [-0.25, -0.2) is 4.79 Å². The molecule has 0 saturated heterocycles. The summed E-state index contributed by atoms with van der Waals surface area (Å²) in [5.74, 6) is -1.82. The summed E-state index contributed by atoms with van der Waals surface area (Å²) < 4.78 is 10.9. The number of nitrogens with one attached hydrogen (secondary N) is 2. The Morgan fingerprint density at radius 3 is 2.21 bits per heavy atom.